The van der Waals surface area contributed by atoms with Crippen LogP contribution in [-0.4, -0.2) is 51.3 Å². The lowest BCUT2D eigenvalue weighted by molar-refractivity contribution is 0.126. The van der Waals surface area contributed by atoms with Crippen molar-refractivity contribution in [3.05, 3.63) is 36.2 Å². The van der Waals surface area contributed by atoms with Gasteiger partial charge >= 0.3 is 0 Å². The first-order chi connectivity index (χ1) is 12.4. The molecule has 0 bridgehead atoms. The van der Waals surface area contributed by atoms with Gasteiger partial charge < -0.3 is 4.90 Å². The summed E-state index contributed by atoms with van der Waals surface area (Å²) in [6.07, 6.45) is 0.998. The van der Waals surface area contributed by atoms with Crippen LogP contribution < -0.4 is 4.90 Å². The fourth-order valence-corrected chi connectivity index (χ4v) is 3.74. The van der Waals surface area contributed by atoms with Gasteiger partial charge in [-0.2, -0.15) is 0 Å². The molecule has 1 aliphatic heterocycles. The molecule has 3 rings (SSSR count). The SMILES string of the molecule is CCC(C)(C)n1nnnc1[C@@H](C(C)C)N1CCN(c2ccccc2)CC1. The van der Waals surface area contributed by atoms with Crippen LogP contribution in [0.2, 0.25) is 0 Å². The van der Waals surface area contributed by atoms with Crippen molar-refractivity contribution < 1.29 is 0 Å². The Hall–Kier alpha value is -1.95. The topological polar surface area (TPSA) is 50.1 Å². The van der Waals surface area contributed by atoms with Crippen LogP contribution in [0.5, 0.6) is 0 Å². The molecule has 6 heteroatoms. The number of hydrogen-bond acceptors (Lipinski definition) is 5. The summed E-state index contributed by atoms with van der Waals surface area (Å²) >= 11 is 0. The molecule has 1 aromatic carbocycles. The molecule has 142 valence electrons. The van der Waals surface area contributed by atoms with Crippen molar-refractivity contribution in [3.63, 3.8) is 0 Å². The number of anilines is 1. The van der Waals surface area contributed by atoms with E-state index in [1.807, 2.05) is 4.68 Å². The largest absolute Gasteiger partial charge is 0.369 e. The Morgan fingerprint density at radius 1 is 1.04 bits per heavy atom. The quantitative estimate of drug-likeness (QED) is 0.794. The maximum atomic E-state index is 4.45. The van der Waals surface area contributed by atoms with E-state index in [1.54, 1.807) is 0 Å². The highest BCUT2D eigenvalue weighted by molar-refractivity contribution is 5.46. The average Bonchev–Trinajstić information content (AvgIpc) is 3.13. The Morgan fingerprint density at radius 2 is 1.69 bits per heavy atom. The van der Waals surface area contributed by atoms with E-state index < -0.39 is 0 Å². The van der Waals surface area contributed by atoms with E-state index in [0.29, 0.717) is 5.92 Å². The maximum Gasteiger partial charge on any atom is 0.169 e. The summed E-state index contributed by atoms with van der Waals surface area (Å²) in [6.45, 7) is 15.3. The first kappa shape index (κ1) is 18.8. The van der Waals surface area contributed by atoms with Crippen molar-refractivity contribution in [1.29, 1.82) is 0 Å². The Bertz CT molecular complexity index is 685. The van der Waals surface area contributed by atoms with Gasteiger partial charge in [0.25, 0.3) is 0 Å². The summed E-state index contributed by atoms with van der Waals surface area (Å²) in [7, 11) is 0. The first-order valence-corrected chi connectivity index (χ1v) is 9.77. The van der Waals surface area contributed by atoms with Crippen molar-refractivity contribution >= 4 is 5.69 Å². The summed E-state index contributed by atoms with van der Waals surface area (Å²) in [4.78, 5) is 5.02. The lowest BCUT2D eigenvalue weighted by Gasteiger charge is -2.41. The third kappa shape index (κ3) is 3.75. The van der Waals surface area contributed by atoms with Crippen LogP contribution in [0.1, 0.15) is 52.9 Å². The lowest BCUT2D eigenvalue weighted by atomic mass is 9.97. The summed E-state index contributed by atoms with van der Waals surface area (Å²) in [5.41, 5.74) is 1.24. The highest BCUT2D eigenvalue weighted by atomic mass is 15.6. The number of benzene rings is 1. The highest BCUT2D eigenvalue weighted by Gasteiger charge is 2.34. The molecule has 0 amide bonds. The monoisotopic (exact) mass is 356 g/mol. The van der Waals surface area contributed by atoms with E-state index in [9.17, 15) is 0 Å². The molecule has 1 fully saturated rings. The molecule has 26 heavy (non-hydrogen) atoms. The zero-order chi connectivity index (χ0) is 18.7. The van der Waals surface area contributed by atoms with Crippen molar-refractivity contribution in [3.8, 4) is 0 Å². The molecule has 0 radical (unpaired) electrons. The van der Waals surface area contributed by atoms with Crippen molar-refractivity contribution in [2.24, 2.45) is 5.92 Å². The molecule has 1 atom stereocenters. The number of hydrogen-bond donors (Lipinski definition) is 0. The number of piperazine rings is 1. The zero-order valence-electron chi connectivity index (χ0n) is 16.8. The third-order valence-corrected chi connectivity index (χ3v) is 5.66. The zero-order valence-corrected chi connectivity index (χ0v) is 16.8. The van der Waals surface area contributed by atoms with Crippen molar-refractivity contribution in [2.75, 3.05) is 31.1 Å². The number of aromatic nitrogens is 4. The molecular weight excluding hydrogens is 324 g/mol. The summed E-state index contributed by atoms with van der Waals surface area (Å²) in [6, 6.07) is 10.9. The van der Waals surface area contributed by atoms with Crippen LogP contribution in [0, 0.1) is 5.92 Å². The summed E-state index contributed by atoms with van der Waals surface area (Å²) in [5.74, 6) is 1.45. The predicted molar refractivity (Wildman–Crippen MR) is 105 cm³/mol. The smallest absolute Gasteiger partial charge is 0.169 e. The van der Waals surface area contributed by atoms with Crippen molar-refractivity contribution in [1.82, 2.24) is 25.1 Å². The fourth-order valence-electron chi connectivity index (χ4n) is 3.74. The molecule has 1 aliphatic rings. The van der Waals surface area contributed by atoms with Gasteiger partial charge in [0.05, 0.1) is 11.6 Å². The van der Waals surface area contributed by atoms with Crippen LogP contribution >= 0.6 is 0 Å². The lowest BCUT2D eigenvalue weighted by Crippen LogP contribution is -2.49. The maximum absolute atomic E-state index is 4.45. The number of para-hydroxylation sites is 1. The Kier molecular flexibility index (Phi) is 5.61. The molecule has 0 aliphatic carbocycles. The van der Waals surface area contributed by atoms with E-state index in [0.717, 1.165) is 38.4 Å². The van der Waals surface area contributed by atoms with E-state index in [1.165, 1.54) is 5.69 Å². The van der Waals surface area contributed by atoms with E-state index in [-0.39, 0.29) is 11.6 Å². The number of rotatable bonds is 6. The molecule has 0 unspecified atom stereocenters. The first-order valence-electron chi connectivity index (χ1n) is 9.77. The van der Waals surface area contributed by atoms with Gasteiger partial charge in [-0.3, -0.25) is 4.90 Å². The summed E-state index contributed by atoms with van der Waals surface area (Å²) in [5, 5.41) is 12.8. The average molecular weight is 357 g/mol. The van der Waals surface area contributed by atoms with Gasteiger partial charge in [-0.15, -0.1) is 5.10 Å². The van der Waals surface area contributed by atoms with Gasteiger partial charge in [-0.25, -0.2) is 4.68 Å². The Balaban J connectivity index is 1.78. The molecular formula is C20H32N6. The third-order valence-electron chi connectivity index (χ3n) is 5.66. The van der Waals surface area contributed by atoms with E-state index >= 15 is 0 Å². The van der Waals surface area contributed by atoms with Gasteiger partial charge in [-0.05, 0) is 48.7 Å². The second-order valence-corrected chi connectivity index (χ2v) is 8.16. The van der Waals surface area contributed by atoms with Gasteiger partial charge in [0.1, 0.15) is 0 Å². The molecule has 0 spiro atoms. The van der Waals surface area contributed by atoms with Gasteiger partial charge in [-0.1, -0.05) is 39.0 Å². The molecule has 0 N–H and O–H groups in total. The second kappa shape index (κ2) is 7.74. The minimum Gasteiger partial charge on any atom is -0.369 e. The minimum atomic E-state index is -0.0716. The Morgan fingerprint density at radius 3 is 2.27 bits per heavy atom. The molecule has 1 saturated heterocycles. The standard InChI is InChI=1S/C20H32N6/c1-6-20(4,5)26-19(21-22-23-26)18(16(2)3)25-14-12-24(13-15-25)17-10-8-7-9-11-17/h7-11,16,18H,6,12-15H2,1-5H3/t18-/m1/s1. The van der Waals surface area contributed by atoms with Crippen LogP contribution in [-0.2, 0) is 5.54 Å². The van der Waals surface area contributed by atoms with Crippen LogP contribution in [0.3, 0.4) is 0 Å². The van der Waals surface area contributed by atoms with Gasteiger partial charge in [0.2, 0.25) is 0 Å². The fraction of sp³-hybridized carbons (Fsp3) is 0.650. The number of nitrogens with zero attached hydrogens (tertiary/aromatic N) is 6. The molecule has 2 heterocycles. The van der Waals surface area contributed by atoms with Crippen LogP contribution in [0.15, 0.2) is 30.3 Å². The molecule has 0 saturated carbocycles. The normalized spacial score (nSPS) is 17.7. The van der Waals surface area contributed by atoms with Crippen LogP contribution in [0.4, 0.5) is 5.69 Å². The number of tetrazole rings is 1. The van der Waals surface area contributed by atoms with Gasteiger partial charge in [0, 0.05) is 31.9 Å². The van der Waals surface area contributed by atoms with Crippen molar-refractivity contribution in [2.45, 2.75) is 52.6 Å². The van der Waals surface area contributed by atoms with E-state index in [4.69, 9.17) is 0 Å². The predicted octanol–water partition coefficient (Wildman–Crippen LogP) is 3.34. The second-order valence-electron chi connectivity index (χ2n) is 8.16. The molecule has 2 aromatic rings. The molecule has 6 nitrogen and oxygen atoms in total. The molecule has 1 aromatic heterocycles. The highest BCUT2D eigenvalue weighted by Crippen LogP contribution is 2.31. The van der Waals surface area contributed by atoms with E-state index in [2.05, 4.69) is 90.3 Å². The van der Waals surface area contributed by atoms with Gasteiger partial charge in [0.15, 0.2) is 5.82 Å². The Labute approximate surface area is 157 Å². The summed E-state index contributed by atoms with van der Waals surface area (Å²) < 4.78 is 2.04. The van der Waals surface area contributed by atoms with Crippen LogP contribution in [0.25, 0.3) is 0 Å². The minimum absolute atomic E-state index is 0.0716.